The second kappa shape index (κ2) is 8.11. The van der Waals surface area contributed by atoms with Crippen LogP contribution < -0.4 is 5.32 Å². The number of aromatic amines is 1. The van der Waals surface area contributed by atoms with Gasteiger partial charge in [0.2, 0.25) is 0 Å². The maximum absolute atomic E-state index is 11.2. The van der Waals surface area contributed by atoms with Gasteiger partial charge in [-0.05, 0) is 12.8 Å². The molecule has 2 aromatic heterocycles. The van der Waals surface area contributed by atoms with Crippen LogP contribution >= 0.6 is 0 Å². The van der Waals surface area contributed by atoms with E-state index < -0.39 is 9.84 Å². The van der Waals surface area contributed by atoms with Crippen LogP contribution in [0.5, 0.6) is 0 Å². The smallest absolute Gasteiger partial charge is 0.152 e. The highest BCUT2D eigenvalue weighted by atomic mass is 32.2. The van der Waals surface area contributed by atoms with Crippen LogP contribution in [0.2, 0.25) is 0 Å². The standard InChI is InChI=1S/C16H22N4O5S/c1-26(22,23)5-4-24-9-13-3-2-12(8-25-13)20-16-14-11(7-21)6-17-15(14)18-10-19-16/h6-7,10,12-13H,2-5,8-9H2,1H3,(H2,17,18,19,20)/t12-,13+/m1/s1. The number of nitrogens with one attached hydrogen (secondary N) is 2. The molecular weight excluding hydrogens is 360 g/mol. The molecule has 142 valence electrons. The van der Waals surface area contributed by atoms with Crippen LogP contribution in [0.1, 0.15) is 23.2 Å². The molecule has 1 fully saturated rings. The number of fused-ring (bicyclic) bond motifs is 1. The lowest BCUT2D eigenvalue weighted by Gasteiger charge is -2.29. The predicted molar refractivity (Wildman–Crippen MR) is 96.2 cm³/mol. The molecule has 0 aliphatic carbocycles. The number of rotatable bonds is 8. The molecular formula is C16H22N4O5S. The molecule has 2 atom stereocenters. The first-order valence-corrected chi connectivity index (χ1v) is 10.4. The van der Waals surface area contributed by atoms with E-state index in [9.17, 15) is 13.2 Å². The number of nitrogens with zero attached hydrogens (tertiary/aromatic N) is 2. The summed E-state index contributed by atoms with van der Waals surface area (Å²) in [4.78, 5) is 22.5. The maximum atomic E-state index is 11.2. The minimum atomic E-state index is -3.00. The van der Waals surface area contributed by atoms with Gasteiger partial charge in [-0.2, -0.15) is 0 Å². The summed E-state index contributed by atoms with van der Waals surface area (Å²) in [6, 6.07) is 0.0646. The molecule has 0 aromatic carbocycles. The molecule has 3 rings (SSSR count). The molecule has 2 aromatic rings. The average molecular weight is 382 g/mol. The summed E-state index contributed by atoms with van der Waals surface area (Å²) in [5.41, 5.74) is 1.12. The van der Waals surface area contributed by atoms with Gasteiger partial charge in [0.1, 0.15) is 27.6 Å². The second-order valence-electron chi connectivity index (χ2n) is 6.39. The number of sulfone groups is 1. The molecule has 1 aliphatic heterocycles. The summed E-state index contributed by atoms with van der Waals surface area (Å²) in [6.45, 7) is 1.04. The summed E-state index contributed by atoms with van der Waals surface area (Å²) in [5.74, 6) is 0.624. The van der Waals surface area contributed by atoms with Crippen molar-refractivity contribution >= 4 is 33.0 Å². The molecule has 0 amide bonds. The number of hydrogen-bond acceptors (Lipinski definition) is 8. The van der Waals surface area contributed by atoms with E-state index in [4.69, 9.17) is 9.47 Å². The van der Waals surface area contributed by atoms with Crippen molar-refractivity contribution in [1.82, 2.24) is 15.0 Å². The molecule has 0 spiro atoms. The van der Waals surface area contributed by atoms with Gasteiger partial charge in [-0.3, -0.25) is 4.79 Å². The molecule has 3 heterocycles. The number of H-pyrrole nitrogens is 1. The fourth-order valence-electron chi connectivity index (χ4n) is 2.86. The third kappa shape index (κ3) is 4.77. The van der Waals surface area contributed by atoms with Gasteiger partial charge in [-0.1, -0.05) is 0 Å². The first-order valence-electron chi connectivity index (χ1n) is 8.37. The predicted octanol–water partition coefficient (Wildman–Crippen LogP) is 0.791. The molecule has 9 nitrogen and oxygen atoms in total. The fraction of sp³-hybridized carbons (Fsp3) is 0.562. The Morgan fingerprint density at radius 1 is 1.42 bits per heavy atom. The van der Waals surface area contributed by atoms with Crippen LogP contribution in [0, 0.1) is 0 Å². The third-order valence-corrected chi connectivity index (χ3v) is 5.15. The molecule has 10 heteroatoms. The highest BCUT2D eigenvalue weighted by molar-refractivity contribution is 7.90. The van der Waals surface area contributed by atoms with Crippen molar-refractivity contribution in [2.45, 2.75) is 25.0 Å². The van der Waals surface area contributed by atoms with Gasteiger partial charge in [0.25, 0.3) is 0 Å². The Balaban J connectivity index is 1.50. The van der Waals surface area contributed by atoms with Gasteiger partial charge >= 0.3 is 0 Å². The van der Waals surface area contributed by atoms with Crippen LogP contribution in [0.4, 0.5) is 5.82 Å². The highest BCUT2D eigenvalue weighted by Gasteiger charge is 2.23. The van der Waals surface area contributed by atoms with Crippen molar-refractivity contribution in [3.05, 3.63) is 18.1 Å². The Bertz CT molecular complexity index is 859. The van der Waals surface area contributed by atoms with Crippen LogP contribution in [-0.2, 0) is 19.3 Å². The molecule has 0 radical (unpaired) electrons. The van der Waals surface area contributed by atoms with Gasteiger partial charge in [0, 0.05) is 18.0 Å². The number of carbonyl (C=O) groups is 1. The number of hydrogen-bond donors (Lipinski definition) is 2. The van der Waals surface area contributed by atoms with Gasteiger partial charge in [0.15, 0.2) is 6.29 Å². The van der Waals surface area contributed by atoms with Gasteiger partial charge in [0.05, 0.1) is 43.1 Å². The number of anilines is 1. The summed E-state index contributed by atoms with van der Waals surface area (Å²) in [5, 5.41) is 3.99. The molecule has 1 saturated heterocycles. The molecule has 1 aliphatic rings. The van der Waals surface area contributed by atoms with Crippen molar-refractivity contribution in [2.75, 3.05) is 37.1 Å². The van der Waals surface area contributed by atoms with E-state index in [0.717, 1.165) is 19.1 Å². The lowest BCUT2D eigenvalue weighted by atomic mass is 10.1. The van der Waals surface area contributed by atoms with E-state index in [1.807, 2.05) is 0 Å². The lowest BCUT2D eigenvalue weighted by molar-refractivity contribution is -0.0419. The van der Waals surface area contributed by atoms with Crippen LogP contribution in [0.15, 0.2) is 12.5 Å². The van der Waals surface area contributed by atoms with Gasteiger partial charge in [-0.15, -0.1) is 0 Å². The minimum absolute atomic E-state index is 0.0172. The minimum Gasteiger partial charge on any atom is -0.378 e. The normalized spacial score (nSPS) is 21.0. The SMILES string of the molecule is CS(=O)(=O)CCOC[C@@H]1CC[C@@H](Nc2ncnc3[nH]cc(C=O)c23)CO1. The zero-order valence-electron chi connectivity index (χ0n) is 14.5. The molecule has 2 N–H and O–H groups in total. The van der Waals surface area contributed by atoms with E-state index >= 15 is 0 Å². The van der Waals surface area contributed by atoms with Crippen molar-refractivity contribution in [2.24, 2.45) is 0 Å². The number of aldehydes is 1. The Morgan fingerprint density at radius 3 is 2.96 bits per heavy atom. The Kier molecular flexibility index (Phi) is 5.84. The summed E-state index contributed by atoms with van der Waals surface area (Å²) >= 11 is 0. The Hall–Kier alpha value is -2.04. The fourth-order valence-corrected chi connectivity index (χ4v) is 3.28. The monoisotopic (exact) mass is 382 g/mol. The van der Waals surface area contributed by atoms with E-state index in [1.54, 1.807) is 6.20 Å². The topological polar surface area (TPSA) is 123 Å². The first-order chi connectivity index (χ1) is 12.5. The van der Waals surface area contributed by atoms with Crippen LogP contribution in [-0.4, -0.2) is 73.6 Å². The largest absolute Gasteiger partial charge is 0.378 e. The second-order valence-corrected chi connectivity index (χ2v) is 8.65. The van der Waals surface area contributed by atoms with E-state index in [2.05, 4.69) is 20.3 Å². The number of aromatic nitrogens is 3. The van der Waals surface area contributed by atoms with Crippen molar-refractivity contribution in [1.29, 1.82) is 0 Å². The lowest BCUT2D eigenvalue weighted by Crippen LogP contribution is -2.37. The average Bonchev–Trinajstić information content (AvgIpc) is 3.03. The Labute approximate surface area is 151 Å². The highest BCUT2D eigenvalue weighted by Crippen LogP contribution is 2.24. The summed E-state index contributed by atoms with van der Waals surface area (Å²) in [6.07, 6.45) is 6.61. The maximum Gasteiger partial charge on any atom is 0.152 e. The number of ether oxygens (including phenoxy) is 2. The zero-order chi connectivity index (χ0) is 18.6. The van der Waals surface area contributed by atoms with Crippen LogP contribution in [0.3, 0.4) is 0 Å². The molecule has 0 unspecified atom stereocenters. The number of carbonyl (C=O) groups excluding carboxylic acids is 1. The van der Waals surface area contributed by atoms with Crippen molar-refractivity contribution < 1.29 is 22.7 Å². The van der Waals surface area contributed by atoms with Crippen molar-refractivity contribution in [3.8, 4) is 0 Å². The van der Waals surface area contributed by atoms with Crippen molar-refractivity contribution in [3.63, 3.8) is 0 Å². The van der Waals surface area contributed by atoms with Crippen LogP contribution in [0.25, 0.3) is 11.0 Å². The van der Waals surface area contributed by atoms with E-state index in [1.165, 1.54) is 12.6 Å². The third-order valence-electron chi connectivity index (χ3n) is 4.24. The molecule has 0 bridgehead atoms. The van der Waals surface area contributed by atoms with Gasteiger partial charge in [-0.25, -0.2) is 18.4 Å². The van der Waals surface area contributed by atoms with E-state index in [0.29, 0.717) is 35.6 Å². The van der Waals surface area contributed by atoms with Gasteiger partial charge < -0.3 is 19.8 Å². The zero-order valence-corrected chi connectivity index (χ0v) is 15.3. The molecule has 0 saturated carbocycles. The quantitative estimate of drug-likeness (QED) is 0.507. The Morgan fingerprint density at radius 2 is 2.27 bits per heavy atom. The first kappa shape index (κ1) is 18.7. The summed E-state index contributed by atoms with van der Waals surface area (Å²) in [7, 11) is -3.00. The summed E-state index contributed by atoms with van der Waals surface area (Å²) < 4.78 is 33.3. The molecule has 26 heavy (non-hydrogen) atoms. The van der Waals surface area contributed by atoms with E-state index in [-0.39, 0.29) is 24.5 Å².